The Hall–Kier alpha value is -3.68. The zero-order chi connectivity index (χ0) is 34.3. The van der Waals surface area contributed by atoms with E-state index in [1.165, 1.54) is 75.3 Å². The van der Waals surface area contributed by atoms with Crippen LogP contribution >= 0.6 is 0 Å². The third kappa shape index (κ3) is 11.2. The molecule has 3 aromatic rings. The summed E-state index contributed by atoms with van der Waals surface area (Å²) in [7, 11) is 0. The van der Waals surface area contributed by atoms with E-state index in [0.29, 0.717) is 23.9 Å². The van der Waals surface area contributed by atoms with E-state index in [9.17, 15) is 10.2 Å². The molecule has 0 amide bonds. The highest BCUT2D eigenvalue weighted by Gasteiger charge is 2.27. The molecule has 0 aromatic heterocycles. The van der Waals surface area contributed by atoms with Gasteiger partial charge in [0, 0.05) is 18.2 Å². The van der Waals surface area contributed by atoms with Crippen molar-refractivity contribution in [2.24, 2.45) is 9.98 Å². The second-order valence-electron chi connectivity index (χ2n) is 13.4. The minimum Gasteiger partial charge on any atom is -0.506 e. The Labute approximate surface area is 288 Å². The molecule has 260 valence electrons. The molecule has 2 atom stereocenters. The largest absolute Gasteiger partial charge is 0.506 e. The van der Waals surface area contributed by atoms with Gasteiger partial charge in [-0.2, -0.15) is 0 Å². The Kier molecular flexibility index (Phi) is 15.0. The number of unbranched alkanes of at least 4 members (excludes halogenated alkanes) is 10. The first-order valence-corrected chi connectivity index (χ1v) is 18.0. The standard InChI is InChI=1S/C41H57N3O4/c1-6-7-8-9-10-11-12-13-14-15-16-23-47-27-34(45)28-48-35-19-22-38(39(46)26-35)44-29-42-40(36-20-17-30(2)24-32(36)4)43-41(44)37-21-18-31(3)25-33(37)5/h17-22,24-26,29,34,41,45-46H,6-16,23,27-28H2,1-5H3. The molecule has 1 aliphatic heterocycles. The van der Waals surface area contributed by atoms with Crippen LogP contribution in [0.2, 0.25) is 0 Å². The third-order valence-corrected chi connectivity index (χ3v) is 9.01. The predicted molar refractivity (Wildman–Crippen MR) is 199 cm³/mol. The smallest absolute Gasteiger partial charge is 0.158 e. The Morgan fingerprint density at radius 2 is 1.40 bits per heavy atom. The van der Waals surface area contributed by atoms with E-state index in [-0.39, 0.29) is 19.0 Å². The molecule has 0 aliphatic carbocycles. The average molecular weight is 656 g/mol. The highest BCUT2D eigenvalue weighted by Crippen LogP contribution is 2.38. The monoisotopic (exact) mass is 655 g/mol. The van der Waals surface area contributed by atoms with Crippen LogP contribution in [0.4, 0.5) is 5.69 Å². The molecule has 3 aromatic carbocycles. The van der Waals surface area contributed by atoms with E-state index < -0.39 is 12.3 Å². The van der Waals surface area contributed by atoms with Gasteiger partial charge in [0.2, 0.25) is 0 Å². The lowest BCUT2D eigenvalue weighted by atomic mass is 10.0. The molecule has 0 radical (unpaired) electrons. The third-order valence-electron chi connectivity index (χ3n) is 9.01. The van der Waals surface area contributed by atoms with Crippen LogP contribution in [0.3, 0.4) is 0 Å². The molecule has 2 unspecified atom stereocenters. The van der Waals surface area contributed by atoms with Crippen molar-refractivity contribution in [3.8, 4) is 11.5 Å². The summed E-state index contributed by atoms with van der Waals surface area (Å²) >= 11 is 0. The van der Waals surface area contributed by atoms with Crippen molar-refractivity contribution in [1.29, 1.82) is 0 Å². The molecule has 7 heteroatoms. The Morgan fingerprint density at radius 1 is 0.750 bits per heavy atom. The number of aliphatic hydroxyl groups is 1. The maximum Gasteiger partial charge on any atom is 0.158 e. The first kappa shape index (κ1) is 37.1. The number of aliphatic imine (C=N–C) groups is 2. The van der Waals surface area contributed by atoms with Gasteiger partial charge >= 0.3 is 0 Å². The lowest BCUT2D eigenvalue weighted by Crippen LogP contribution is -2.31. The van der Waals surface area contributed by atoms with Gasteiger partial charge in [0.1, 0.15) is 24.2 Å². The van der Waals surface area contributed by atoms with E-state index in [1.807, 2.05) is 4.90 Å². The number of aromatic hydroxyl groups is 1. The van der Waals surface area contributed by atoms with Crippen molar-refractivity contribution in [1.82, 2.24) is 0 Å². The number of nitrogens with zero attached hydrogens (tertiary/aromatic N) is 3. The van der Waals surface area contributed by atoms with Crippen LogP contribution in [-0.4, -0.2) is 48.3 Å². The molecular formula is C41H57N3O4. The van der Waals surface area contributed by atoms with Gasteiger partial charge < -0.3 is 24.6 Å². The number of benzene rings is 3. The van der Waals surface area contributed by atoms with Crippen LogP contribution in [-0.2, 0) is 4.74 Å². The molecule has 0 spiro atoms. The fraction of sp³-hybridized carbons (Fsp3) is 0.512. The SMILES string of the molecule is CCCCCCCCCCCCCOCC(O)COc1ccc(N2C=NC(c3ccc(C)cc3C)=NC2c2ccc(C)cc2C)c(O)c1. The molecule has 48 heavy (non-hydrogen) atoms. The summed E-state index contributed by atoms with van der Waals surface area (Å²) in [5, 5.41) is 21.6. The Morgan fingerprint density at radius 3 is 2.04 bits per heavy atom. The zero-order valence-corrected chi connectivity index (χ0v) is 29.9. The quantitative estimate of drug-likeness (QED) is 0.118. The van der Waals surface area contributed by atoms with Gasteiger partial charge in [0.25, 0.3) is 0 Å². The van der Waals surface area contributed by atoms with E-state index in [2.05, 4.69) is 71.0 Å². The molecule has 0 bridgehead atoms. The van der Waals surface area contributed by atoms with E-state index >= 15 is 0 Å². The van der Waals surface area contributed by atoms with Gasteiger partial charge in [-0.05, 0) is 62.9 Å². The lowest BCUT2D eigenvalue weighted by Gasteiger charge is -2.32. The predicted octanol–water partition coefficient (Wildman–Crippen LogP) is 9.69. The molecule has 1 heterocycles. The minimum atomic E-state index is -0.749. The molecular weight excluding hydrogens is 598 g/mol. The van der Waals surface area contributed by atoms with Gasteiger partial charge in [-0.3, -0.25) is 0 Å². The fourth-order valence-corrected chi connectivity index (χ4v) is 6.26. The van der Waals surface area contributed by atoms with Gasteiger partial charge in [-0.25, -0.2) is 9.98 Å². The maximum atomic E-state index is 11.2. The molecule has 4 rings (SSSR count). The van der Waals surface area contributed by atoms with Gasteiger partial charge in [0.15, 0.2) is 12.0 Å². The van der Waals surface area contributed by atoms with E-state index in [1.54, 1.807) is 24.5 Å². The van der Waals surface area contributed by atoms with Crippen molar-refractivity contribution in [2.45, 2.75) is 118 Å². The van der Waals surface area contributed by atoms with Crippen LogP contribution < -0.4 is 9.64 Å². The number of phenols is 1. The van der Waals surface area contributed by atoms with Crippen LogP contribution in [0.1, 0.15) is 117 Å². The van der Waals surface area contributed by atoms with E-state index in [4.69, 9.17) is 19.5 Å². The summed E-state index contributed by atoms with van der Waals surface area (Å²) in [6.07, 6.45) is 14.8. The Bertz CT molecular complexity index is 1500. The highest BCUT2D eigenvalue weighted by atomic mass is 16.5. The number of hydrogen-bond acceptors (Lipinski definition) is 7. The van der Waals surface area contributed by atoms with Gasteiger partial charge in [-0.15, -0.1) is 0 Å². The summed E-state index contributed by atoms with van der Waals surface area (Å²) in [6.45, 7) is 11.5. The van der Waals surface area contributed by atoms with Crippen molar-refractivity contribution < 1.29 is 19.7 Å². The molecule has 7 nitrogen and oxygen atoms in total. The number of aryl methyl sites for hydroxylation is 4. The van der Waals surface area contributed by atoms with Crippen LogP contribution in [0.5, 0.6) is 11.5 Å². The summed E-state index contributed by atoms with van der Waals surface area (Å²) < 4.78 is 11.5. The summed E-state index contributed by atoms with van der Waals surface area (Å²) in [5.41, 5.74) is 7.18. The van der Waals surface area contributed by atoms with Gasteiger partial charge in [0.05, 0.1) is 18.6 Å². The van der Waals surface area contributed by atoms with Crippen molar-refractivity contribution in [2.75, 3.05) is 24.7 Å². The van der Waals surface area contributed by atoms with Crippen molar-refractivity contribution >= 4 is 17.9 Å². The van der Waals surface area contributed by atoms with Crippen LogP contribution in [0.15, 0.2) is 64.6 Å². The Balaban J connectivity index is 1.28. The van der Waals surface area contributed by atoms with Gasteiger partial charge in [-0.1, -0.05) is 119 Å². The minimum absolute atomic E-state index is 0.0427. The van der Waals surface area contributed by atoms with E-state index in [0.717, 1.165) is 28.7 Å². The van der Waals surface area contributed by atoms with Crippen LogP contribution in [0, 0.1) is 27.7 Å². The fourth-order valence-electron chi connectivity index (χ4n) is 6.26. The first-order chi connectivity index (χ1) is 23.3. The molecule has 0 saturated heterocycles. The van der Waals surface area contributed by atoms with Crippen molar-refractivity contribution in [3.63, 3.8) is 0 Å². The number of rotatable bonds is 20. The molecule has 0 fully saturated rings. The molecule has 1 aliphatic rings. The van der Waals surface area contributed by atoms with Crippen LogP contribution in [0.25, 0.3) is 0 Å². The second-order valence-corrected chi connectivity index (χ2v) is 13.4. The normalized spacial score (nSPS) is 15.1. The first-order valence-electron chi connectivity index (χ1n) is 18.0. The topological polar surface area (TPSA) is 86.9 Å². The summed E-state index contributed by atoms with van der Waals surface area (Å²) in [5.74, 6) is 1.17. The molecule has 0 saturated carbocycles. The summed E-state index contributed by atoms with van der Waals surface area (Å²) in [4.78, 5) is 11.7. The lowest BCUT2D eigenvalue weighted by molar-refractivity contribution is 0.0109. The maximum absolute atomic E-state index is 11.2. The number of amidine groups is 1. The second kappa shape index (κ2) is 19.4. The number of ether oxygens (including phenoxy) is 2. The number of hydrogen-bond donors (Lipinski definition) is 2. The average Bonchev–Trinajstić information content (AvgIpc) is 3.06. The van der Waals surface area contributed by atoms with Crippen molar-refractivity contribution in [3.05, 3.63) is 88.0 Å². The number of anilines is 1. The molecule has 2 N–H and O–H groups in total. The number of aliphatic hydroxyl groups excluding tert-OH is 1. The summed E-state index contributed by atoms with van der Waals surface area (Å²) in [6, 6.07) is 17.8. The number of phenolic OH excluding ortho intramolecular Hbond substituents is 1. The zero-order valence-electron chi connectivity index (χ0n) is 29.9. The highest BCUT2D eigenvalue weighted by molar-refractivity contribution is 6.07.